The minimum Gasteiger partial charge on any atom is -0.351 e. The fraction of sp³-hybridized carbons (Fsp3) is 0.533. The lowest BCUT2D eigenvalue weighted by Gasteiger charge is -2.34. The second-order valence-corrected chi connectivity index (χ2v) is 7.86. The zero-order valence-corrected chi connectivity index (χ0v) is 13.6. The number of carbonyl (C=O) groups excluding carboxylic acids is 1. The van der Waals surface area contributed by atoms with E-state index < -0.39 is 10.0 Å². The van der Waals surface area contributed by atoms with Crippen molar-refractivity contribution in [3.63, 3.8) is 0 Å². The molecule has 4 N–H and O–H groups in total. The summed E-state index contributed by atoms with van der Waals surface area (Å²) in [5.74, 6) is -0.359. The van der Waals surface area contributed by atoms with Crippen LogP contribution >= 0.6 is 0 Å². The number of hydrogen-bond acceptors (Lipinski definition) is 4. The van der Waals surface area contributed by atoms with Crippen molar-refractivity contribution < 1.29 is 13.2 Å². The van der Waals surface area contributed by atoms with Crippen LogP contribution in [-0.2, 0) is 15.8 Å². The molecule has 0 aromatic heterocycles. The van der Waals surface area contributed by atoms with E-state index >= 15 is 0 Å². The van der Waals surface area contributed by atoms with Gasteiger partial charge in [-0.25, -0.2) is 13.6 Å². The molecular formula is C15H23N3O3S. The van der Waals surface area contributed by atoms with Gasteiger partial charge in [-0.15, -0.1) is 0 Å². The Hall–Kier alpha value is -1.44. The van der Waals surface area contributed by atoms with E-state index in [1.165, 1.54) is 0 Å². The Kier molecular flexibility index (Phi) is 5.20. The van der Waals surface area contributed by atoms with Gasteiger partial charge in [0.25, 0.3) is 5.91 Å². The molecule has 0 atom stereocenters. The molecule has 22 heavy (non-hydrogen) atoms. The van der Waals surface area contributed by atoms with Gasteiger partial charge in [-0.3, -0.25) is 4.79 Å². The zero-order valence-electron chi connectivity index (χ0n) is 12.8. The number of piperidine rings is 1. The van der Waals surface area contributed by atoms with Crippen molar-refractivity contribution in [1.82, 2.24) is 10.6 Å². The summed E-state index contributed by atoms with van der Waals surface area (Å²) in [4.78, 5) is 12.2. The Balaban J connectivity index is 1.92. The molecule has 1 aromatic carbocycles. The smallest absolute Gasteiger partial charge is 0.251 e. The van der Waals surface area contributed by atoms with Gasteiger partial charge >= 0.3 is 0 Å². The Morgan fingerprint density at radius 2 is 1.86 bits per heavy atom. The van der Waals surface area contributed by atoms with Crippen molar-refractivity contribution in [2.45, 2.75) is 25.5 Å². The molecule has 1 fully saturated rings. The number of benzene rings is 1. The van der Waals surface area contributed by atoms with Crippen LogP contribution in [0.5, 0.6) is 0 Å². The highest BCUT2D eigenvalue weighted by Gasteiger charge is 2.27. The van der Waals surface area contributed by atoms with E-state index in [2.05, 4.69) is 17.6 Å². The van der Waals surface area contributed by atoms with Gasteiger partial charge in [0.1, 0.15) is 0 Å². The Morgan fingerprint density at radius 3 is 2.41 bits per heavy atom. The van der Waals surface area contributed by atoms with Crippen molar-refractivity contribution in [2.75, 3.05) is 19.6 Å². The van der Waals surface area contributed by atoms with Gasteiger partial charge in [0.15, 0.2) is 0 Å². The van der Waals surface area contributed by atoms with Crippen LogP contribution in [0.15, 0.2) is 24.3 Å². The van der Waals surface area contributed by atoms with Crippen LogP contribution in [0.2, 0.25) is 0 Å². The van der Waals surface area contributed by atoms with E-state index in [-0.39, 0.29) is 17.1 Å². The normalized spacial score (nSPS) is 17.9. The number of sulfonamides is 1. The highest BCUT2D eigenvalue weighted by Crippen LogP contribution is 2.26. The number of hydrogen-bond donors (Lipinski definition) is 3. The quantitative estimate of drug-likeness (QED) is 0.737. The minimum atomic E-state index is -3.55. The van der Waals surface area contributed by atoms with Crippen LogP contribution in [0.25, 0.3) is 0 Å². The number of primary sulfonamides is 1. The van der Waals surface area contributed by atoms with Crippen molar-refractivity contribution >= 4 is 15.9 Å². The molecule has 6 nitrogen and oxygen atoms in total. The lowest BCUT2D eigenvalue weighted by atomic mass is 9.81. The van der Waals surface area contributed by atoms with Crippen LogP contribution < -0.4 is 15.8 Å². The molecule has 2 rings (SSSR count). The van der Waals surface area contributed by atoms with E-state index in [1.54, 1.807) is 24.3 Å². The Bertz CT molecular complexity index is 620. The molecule has 7 heteroatoms. The summed E-state index contributed by atoms with van der Waals surface area (Å²) in [5, 5.41) is 11.3. The maximum Gasteiger partial charge on any atom is 0.251 e. The summed E-state index contributed by atoms with van der Waals surface area (Å²) in [7, 11) is -3.55. The van der Waals surface area contributed by atoms with E-state index in [4.69, 9.17) is 5.14 Å². The largest absolute Gasteiger partial charge is 0.351 e. The first-order valence-electron chi connectivity index (χ1n) is 7.36. The second-order valence-electron chi connectivity index (χ2n) is 6.25. The summed E-state index contributed by atoms with van der Waals surface area (Å²) in [6.45, 7) is 4.79. The van der Waals surface area contributed by atoms with Gasteiger partial charge in [-0.2, -0.15) is 0 Å². The van der Waals surface area contributed by atoms with Gasteiger partial charge in [0, 0.05) is 12.1 Å². The SMILES string of the molecule is CC1(CNC(=O)c2ccc(CS(N)(=O)=O)cc2)CCNCC1. The second kappa shape index (κ2) is 6.76. The van der Waals surface area contributed by atoms with Crippen LogP contribution in [0, 0.1) is 5.41 Å². The molecule has 0 aliphatic carbocycles. The van der Waals surface area contributed by atoms with E-state index in [9.17, 15) is 13.2 Å². The van der Waals surface area contributed by atoms with Crippen molar-refractivity contribution in [3.8, 4) is 0 Å². The van der Waals surface area contributed by atoms with E-state index in [0.717, 1.165) is 25.9 Å². The average molecular weight is 325 g/mol. The summed E-state index contributed by atoms with van der Waals surface area (Å²) in [5.41, 5.74) is 1.23. The first-order valence-corrected chi connectivity index (χ1v) is 9.07. The molecule has 1 aliphatic rings. The van der Waals surface area contributed by atoms with Gasteiger partial charge in [-0.05, 0) is 49.0 Å². The number of rotatable bonds is 5. The van der Waals surface area contributed by atoms with Crippen molar-refractivity contribution in [3.05, 3.63) is 35.4 Å². The lowest BCUT2D eigenvalue weighted by molar-refractivity contribution is 0.0922. The molecule has 0 radical (unpaired) electrons. The van der Waals surface area contributed by atoms with Crippen molar-refractivity contribution in [2.24, 2.45) is 10.6 Å². The highest BCUT2D eigenvalue weighted by molar-refractivity contribution is 7.88. The maximum atomic E-state index is 12.2. The maximum absolute atomic E-state index is 12.2. The Morgan fingerprint density at radius 1 is 1.27 bits per heavy atom. The third kappa shape index (κ3) is 5.08. The number of nitrogens with one attached hydrogen (secondary N) is 2. The molecule has 0 bridgehead atoms. The van der Waals surface area contributed by atoms with Crippen LogP contribution in [0.1, 0.15) is 35.7 Å². The number of carbonyl (C=O) groups is 1. The van der Waals surface area contributed by atoms with Gasteiger partial charge in [0.05, 0.1) is 5.75 Å². The standard InChI is InChI=1S/C15H23N3O3S/c1-15(6-8-17-9-7-15)11-18-14(19)13-4-2-12(3-5-13)10-22(16,20)21/h2-5,17H,6-11H2,1H3,(H,18,19)(H2,16,20,21). The molecule has 1 aromatic rings. The highest BCUT2D eigenvalue weighted by atomic mass is 32.2. The van der Waals surface area contributed by atoms with Gasteiger partial charge in [-0.1, -0.05) is 19.1 Å². The van der Waals surface area contributed by atoms with E-state index in [0.29, 0.717) is 17.7 Å². The minimum absolute atomic E-state index is 0.133. The topological polar surface area (TPSA) is 101 Å². The molecule has 0 saturated carbocycles. The monoisotopic (exact) mass is 325 g/mol. The summed E-state index contributed by atoms with van der Waals surface area (Å²) in [6, 6.07) is 6.48. The van der Waals surface area contributed by atoms with E-state index in [1.807, 2.05) is 0 Å². The summed E-state index contributed by atoms with van der Waals surface area (Å²) < 4.78 is 22.1. The fourth-order valence-corrected chi connectivity index (χ4v) is 3.24. The molecular weight excluding hydrogens is 302 g/mol. The average Bonchev–Trinajstić information content (AvgIpc) is 2.45. The summed E-state index contributed by atoms with van der Waals surface area (Å²) >= 11 is 0. The van der Waals surface area contributed by atoms with Crippen LogP contribution in [0.4, 0.5) is 0 Å². The van der Waals surface area contributed by atoms with Crippen molar-refractivity contribution in [1.29, 1.82) is 0 Å². The molecule has 1 amide bonds. The zero-order chi connectivity index (χ0) is 16.2. The molecule has 0 spiro atoms. The molecule has 0 unspecified atom stereocenters. The van der Waals surface area contributed by atoms with Crippen LogP contribution in [0.3, 0.4) is 0 Å². The summed E-state index contributed by atoms with van der Waals surface area (Å²) in [6.07, 6.45) is 2.08. The predicted octanol–water partition coefficient (Wildman–Crippen LogP) is 0.595. The third-order valence-corrected chi connectivity index (χ3v) is 4.81. The molecule has 1 aliphatic heterocycles. The first-order chi connectivity index (χ1) is 10.3. The van der Waals surface area contributed by atoms with Gasteiger partial charge < -0.3 is 10.6 Å². The Labute approximate surface area is 131 Å². The fourth-order valence-electron chi connectivity index (χ4n) is 2.59. The first kappa shape index (κ1) is 16.9. The molecule has 1 saturated heterocycles. The molecule has 122 valence electrons. The van der Waals surface area contributed by atoms with Gasteiger partial charge in [0.2, 0.25) is 10.0 Å². The lowest BCUT2D eigenvalue weighted by Crippen LogP contribution is -2.42. The van der Waals surface area contributed by atoms with Crippen LogP contribution in [-0.4, -0.2) is 34.0 Å². The predicted molar refractivity (Wildman–Crippen MR) is 85.8 cm³/mol. The number of amides is 1. The number of nitrogens with two attached hydrogens (primary N) is 1. The third-order valence-electron chi connectivity index (χ3n) is 4.07. The molecule has 1 heterocycles.